The fraction of sp³-hybridized carbons (Fsp3) is 0.900. The van der Waals surface area contributed by atoms with Gasteiger partial charge in [0.05, 0.1) is 12.0 Å². The second-order valence-electron chi connectivity index (χ2n) is 8.46. The zero-order valence-corrected chi connectivity index (χ0v) is 15.7. The number of piperidine rings is 1. The number of amides is 2. The van der Waals surface area contributed by atoms with Crippen LogP contribution in [0.25, 0.3) is 0 Å². The van der Waals surface area contributed by atoms with Crippen molar-refractivity contribution < 1.29 is 14.7 Å². The molecular formula is C20H34N2O3. The maximum absolute atomic E-state index is 12.6. The van der Waals surface area contributed by atoms with Crippen LogP contribution in [0.3, 0.4) is 0 Å². The summed E-state index contributed by atoms with van der Waals surface area (Å²) in [4.78, 5) is 28.7. The molecule has 3 aliphatic rings. The number of carbonyl (C=O) groups is 2. The molecule has 25 heavy (non-hydrogen) atoms. The molecule has 0 spiro atoms. The third-order valence-electron chi connectivity index (χ3n) is 6.65. The molecule has 1 atom stereocenters. The van der Waals surface area contributed by atoms with Gasteiger partial charge in [0.15, 0.2) is 0 Å². The predicted molar refractivity (Wildman–Crippen MR) is 97.0 cm³/mol. The van der Waals surface area contributed by atoms with Gasteiger partial charge in [-0.05, 0) is 44.4 Å². The van der Waals surface area contributed by atoms with Crippen molar-refractivity contribution in [1.82, 2.24) is 9.80 Å². The van der Waals surface area contributed by atoms with Crippen molar-refractivity contribution in [2.45, 2.75) is 89.2 Å². The van der Waals surface area contributed by atoms with Crippen molar-refractivity contribution in [2.75, 3.05) is 19.6 Å². The first-order valence-corrected chi connectivity index (χ1v) is 10.3. The Morgan fingerprint density at radius 1 is 0.960 bits per heavy atom. The third-order valence-corrected chi connectivity index (χ3v) is 6.65. The maximum atomic E-state index is 12.6. The van der Waals surface area contributed by atoms with Crippen LogP contribution in [0.15, 0.2) is 0 Å². The van der Waals surface area contributed by atoms with Crippen LogP contribution < -0.4 is 0 Å². The van der Waals surface area contributed by atoms with Gasteiger partial charge >= 0.3 is 0 Å². The van der Waals surface area contributed by atoms with Gasteiger partial charge in [0, 0.05) is 32.6 Å². The van der Waals surface area contributed by atoms with Gasteiger partial charge < -0.3 is 14.9 Å². The number of likely N-dealkylation sites (tertiary alicyclic amines) is 2. The summed E-state index contributed by atoms with van der Waals surface area (Å²) < 4.78 is 0. The average Bonchev–Trinajstić information content (AvgIpc) is 2.86. The number of rotatable bonds is 3. The molecule has 1 N–H and O–H groups in total. The average molecular weight is 351 g/mol. The van der Waals surface area contributed by atoms with Crippen LogP contribution in [-0.4, -0.2) is 58.0 Å². The van der Waals surface area contributed by atoms with E-state index in [0.29, 0.717) is 18.4 Å². The minimum Gasteiger partial charge on any atom is -0.389 e. The van der Waals surface area contributed by atoms with E-state index in [4.69, 9.17) is 0 Å². The number of hydrogen-bond acceptors (Lipinski definition) is 3. The zero-order chi connectivity index (χ0) is 17.9. The number of hydrogen-bond donors (Lipinski definition) is 1. The Balaban J connectivity index is 1.53. The Hall–Kier alpha value is -1.10. The van der Waals surface area contributed by atoms with Crippen LogP contribution in [-0.2, 0) is 9.59 Å². The van der Waals surface area contributed by atoms with Gasteiger partial charge in [-0.15, -0.1) is 0 Å². The quantitative estimate of drug-likeness (QED) is 0.851. The lowest BCUT2D eigenvalue weighted by atomic mass is 9.85. The second-order valence-corrected chi connectivity index (χ2v) is 8.46. The lowest BCUT2D eigenvalue weighted by Crippen LogP contribution is -2.49. The van der Waals surface area contributed by atoms with E-state index in [1.165, 1.54) is 12.8 Å². The van der Waals surface area contributed by atoms with Crippen molar-refractivity contribution in [3.63, 3.8) is 0 Å². The highest BCUT2D eigenvalue weighted by Crippen LogP contribution is 2.34. The molecule has 0 aromatic heterocycles. The molecule has 1 aliphatic carbocycles. The second kappa shape index (κ2) is 8.07. The van der Waals surface area contributed by atoms with E-state index < -0.39 is 5.60 Å². The third kappa shape index (κ3) is 4.55. The first kappa shape index (κ1) is 18.7. The molecule has 2 aliphatic heterocycles. The van der Waals surface area contributed by atoms with Gasteiger partial charge in [0.1, 0.15) is 0 Å². The van der Waals surface area contributed by atoms with Crippen LogP contribution in [0.1, 0.15) is 77.6 Å². The lowest BCUT2D eigenvalue weighted by molar-refractivity contribution is -0.139. The summed E-state index contributed by atoms with van der Waals surface area (Å²) in [7, 11) is 0. The number of nitrogens with zero attached hydrogens (tertiary/aromatic N) is 2. The van der Waals surface area contributed by atoms with Crippen molar-refractivity contribution >= 4 is 11.8 Å². The highest BCUT2D eigenvalue weighted by molar-refractivity contribution is 5.77. The van der Waals surface area contributed by atoms with Crippen LogP contribution in [0.2, 0.25) is 0 Å². The molecule has 3 fully saturated rings. The van der Waals surface area contributed by atoms with E-state index in [1.54, 1.807) is 6.92 Å². The summed E-state index contributed by atoms with van der Waals surface area (Å²) >= 11 is 0. The van der Waals surface area contributed by atoms with Crippen LogP contribution in [0.4, 0.5) is 0 Å². The molecule has 0 aromatic rings. The molecule has 3 rings (SSSR count). The van der Waals surface area contributed by atoms with Crippen molar-refractivity contribution in [3.8, 4) is 0 Å². The van der Waals surface area contributed by atoms with Gasteiger partial charge in [-0.25, -0.2) is 0 Å². The molecule has 5 nitrogen and oxygen atoms in total. The number of carbonyl (C=O) groups excluding carboxylic acids is 2. The predicted octanol–water partition coefficient (Wildman–Crippen LogP) is 2.71. The van der Waals surface area contributed by atoms with Crippen molar-refractivity contribution in [1.29, 1.82) is 0 Å². The first-order chi connectivity index (χ1) is 12.0. The van der Waals surface area contributed by atoms with Crippen molar-refractivity contribution in [2.24, 2.45) is 5.92 Å². The molecular weight excluding hydrogens is 316 g/mol. The molecule has 2 amide bonds. The maximum Gasteiger partial charge on any atom is 0.225 e. The van der Waals surface area contributed by atoms with Gasteiger partial charge in [0.25, 0.3) is 0 Å². The zero-order valence-electron chi connectivity index (χ0n) is 15.7. The fourth-order valence-electron chi connectivity index (χ4n) is 5.15. The summed E-state index contributed by atoms with van der Waals surface area (Å²) in [6.07, 6.45) is 10.5. The molecule has 0 radical (unpaired) electrons. The van der Waals surface area contributed by atoms with Crippen molar-refractivity contribution in [3.05, 3.63) is 0 Å². The topological polar surface area (TPSA) is 60.9 Å². The highest BCUT2D eigenvalue weighted by Gasteiger charge is 2.37. The fourth-order valence-corrected chi connectivity index (χ4v) is 5.15. The summed E-state index contributed by atoms with van der Waals surface area (Å²) in [5, 5.41) is 10.5. The summed E-state index contributed by atoms with van der Waals surface area (Å²) in [6, 6.07) is 0.358. The standard InChI is InChI=1S/C20H34N2O3/c1-16(23)22-12-6-2-3-7-18(22)17-8-13-21(14-9-17)19(24)15-20(25)10-4-5-11-20/h17-18,25H,2-15H2,1H3. The normalized spacial score (nSPS) is 28.0. The molecule has 0 aromatic carbocycles. The summed E-state index contributed by atoms with van der Waals surface area (Å²) in [5.74, 6) is 0.835. The van der Waals surface area contributed by atoms with Gasteiger partial charge in [0.2, 0.25) is 11.8 Å². The van der Waals surface area contributed by atoms with Gasteiger partial charge in [-0.1, -0.05) is 25.7 Å². The summed E-state index contributed by atoms with van der Waals surface area (Å²) in [6.45, 7) is 4.15. The molecule has 1 unspecified atom stereocenters. The van der Waals surface area contributed by atoms with E-state index in [1.807, 2.05) is 4.90 Å². The molecule has 2 saturated heterocycles. The minimum absolute atomic E-state index is 0.118. The Morgan fingerprint density at radius 3 is 2.28 bits per heavy atom. The Labute approximate surface area is 151 Å². The van der Waals surface area contributed by atoms with E-state index >= 15 is 0 Å². The summed E-state index contributed by atoms with van der Waals surface area (Å²) in [5.41, 5.74) is -0.749. The largest absolute Gasteiger partial charge is 0.389 e. The van der Waals surface area contributed by atoms with E-state index in [2.05, 4.69) is 4.90 Å². The highest BCUT2D eigenvalue weighted by atomic mass is 16.3. The molecule has 0 bridgehead atoms. The Morgan fingerprint density at radius 2 is 1.64 bits per heavy atom. The van der Waals surface area contributed by atoms with Crippen LogP contribution in [0.5, 0.6) is 0 Å². The number of aliphatic hydroxyl groups is 1. The minimum atomic E-state index is -0.749. The van der Waals surface area contributed by atoms with Crippen LogP contribution >= 0.6 is 0 Å². The molecule has 142 valence electrons. The van der Waals surface area contributed by atoms with Gasteiger partial charge in [-0.2, -0.15) is 0 Å². The van der Waals surface area contributed by atoms with Crippen LogP contribution in [0, 0.1) is 5.92 Å². The molecule has 2 heterocycles. The Bertz CT molecular complexity index is 479. The van der Waals surface area contributed by atoms with E-state index in [0.717, 1.165) is 71.0 Å². The molecule has 1 saturated carbocycles. The monoisotopic (exact) mass is 350 g/mol. The van der Waals surface area contributed by atoms with Gasteiger partial charge in [-0.3, -0.25) is 9.59 Å². The first-order valence-electron chi connectivity index (χ1n) is 10.3. The molecule has 5 heteroatoms. The smallest absolute Gasteiger partial charge is 0.225 e. The lowest BCUT2D eigenvalue weighted by Gasteiger charge is -2.41. The SMILES string of the molecule is CC(=O)N1CCCCCC1C1CCN(C(=O)CC2(O)CCCC2)CC1. The van der Waals surface area contributed by atoms with E-state index in [-0.39, 0.29) is 11.8 Å². The Kier molecular flexibility index (Phi) is 6.03. The van der Waals surface area contributed by atoms with E-state index in [9.17, 15) is 14.7 Å².